The predicted octanol–water partition coefficient (Wildman–Crippen LogP) is 4.00. The summed E-state index contributed by atoms with van der Waals surface area (Å²) >= 11 is 0. The standard InChI is InChI=1S/C20H24NO4P/c1-15(2)19(20(22)23)21-13-6-14-25-26(21,24)18-11-9-17(10-12-18)16-7-4-3-5-8-16/h3-5,7-12,15,19H,6,13-14H2,1-2H3,(H,22,23). The summed E-state index contributed by atoms with van der Waals surface area (Å²) in [5.74, 6) is -1.14. The quantitative estimate of drug-likeness (QED) is 0.803. The van der Waals surface area contributed by atoms with E-state index in [1.807, 2.05) is 56.3 Å². The maximum atomic E-state index is 13.7. The molecule has 1 heterocycles. The van der Waals surface area contributed by atoms with Crippen LogP contribution in [0.3, 0.4) is 0 Å². The summed E-state index contributed by atoms with van der Waals surface area (Å²) < 4.78 is 21.0. The summed E-state index contributed by atoms with van der Waals surface area (Å²) in [6.45, 7) is 4.48. The highest BCUT2D eigenvalue weighted by Crippen LogP contribution is 2.54. The van der Waals surface area contributed by atoms with E-state index in [2.05, 4.69) is 0 Å². The monoisotopic (exact) mass is 373 g/mol. The van der Waals surface area contributed by atoms with E-state index < -0.39 is 19.5 Å². The molecule has 1 saturated heterocycles. The Morgan fingerprint density at radius 3 is 2.27 bits per heavy atom. The smallest absolute Gasteiger partial charge is 0.321 e. The Kier molecular flexibility index (Phi) is 5.61. The fourth-order valence-electron chi connectivity index (χ4n) is 3.38. The SMILES string of the molecule is CC(C)C(C(=O)O)N1CCCOP1(=O)c1ccc(-c2ccccc2)cc1. The Hall–Kier alpha value is -1.94. The van der Waals surface area contributed by atoms with E-state index in [1.165, 1.54) is 0 Å². The molecule has 0 aliphatic carbocycles. The number of carboxylic acid groups (broad SMARTS) is 1. The molecule has 2 atom stereocenters. The zero-order valence-electron chi connectivity index (χ0n) is 15.0. The molecule has 1 aliphatic heterocycles. The largest absolute Gasteiger partial charge is 0.480 e. The maximum absolute atomic E-state index is 13.7. The van der Waals surface area contributed by atoms with Gasteiger partial charge >= 0.3 is 13.5 Å². The molecule has 6 heteroatoms. The van der Waals surface area contributed by atoms with E-state index in [4.69, 9.17) is 4.52 Å². The van der Waals surface area contributed by atoms with Crippen LogP contribution in [-0.2, 0) is 13.9 Å². The Morgan fingerprint density at radius 2 is 1.69 bits per heavy atom. The fourth-order valence-corrected chi connectivity index (χ4v) is 5.97. The first kappa shape index (κ1) is 18.8. The molecule has 1 aliphatic rings. The van der Waals surface area contributed by atoms with Crippen LogP contribution in [0, 0.1) is 5.92 Å². The van der Waals surface area contributed by atoms with Crippen molar-refractivity contribution in [2.45, 2.75) is 26.3 Å². The molecule has 0 radical (unpaired) electrons. The summed E-state index contributed by atoms with van der Waals surface area (Å²) in [6, 6.07) is 16.5. The van der Waals surface area contributed by atoms with Gasteiger partial charge in [0.05, 0.1) is 11.9 Å². The summed E-state index contributed by atoms with van der Waals surface area (Å²) in [5, 5.41) is 10.2. The Labute approximate surface area is 154 Å². The summed E-state index contributed by atoms with van der Waals surface area (Å²) in [4.78, 5) is 11.8. The third-order valence-electron chi connectivity index (χ3n) is 4.64. The lowest BCUT2D eigenvalue weighted by atomic mass is 10.0. The number of hydrogen-bond acceptors (Lipinski definition) is 3. The first-order valence-corrected chi connectivity index (χ1v) is 10.4. The van der Waals surface area contributed by atoms with Crippen molar-refractivity contribution in [3.8, 4) is 11.1 Å². The van der Waals surface area contributed by atoms with Crippen molar-refractivity contribution in [3.05, 3.63) is 54.6 Å². The zero-order chi connectivity index (χ0) is 18.7. The number of aliphatic carboxylic acids is 1. The van der Waals surface area contributed by atoms with E-state index in [9.17, 15) is 14.5 Å². The summed E-state index contributed by atoms with van der Waals surface area (Å²) in [6.07, 6.45) is 0.669. The minimum atomic E-state index is -3.40. The fraction of sp³-hybridized carbons (Fsp3) is 0.350. The van der Waals surface area contributed by atoms with Gasteiger partial charge in [-0.15, -0.1) is 0 Å². The van der Waals surface area contributed by atoms with Crippen LogP contribution in [0.25, 0.3) is 11.1 Å². The van der Waals surface area contributed by atoms with E-state index >= 15 is 0 Å². The molecule has 26 heavy (non-hydrogen) atoms. The average Bonchev–Trinajstić information content (AvgIpc) is 2.64. The maximum Gasteiger partial charge on any atom is 0.321 e. The zero-order valence-corrected chi connectivity index (χ0v) is 15.9. The van der Waals surface area contributed by atoms with Crippen LogP contribution in [0.2, 0.25) is 0 Å². The van der Waals surface area contributed by atoms with Crippen molar-refractivity contribution >= 4 is 18.8 Å². The van der Waals surface area contributed by atoms with E-state index in [0.29, 0.717) is 24.9 Å². The lowest BCUT2D eigenvalue weighted by Gasteiger charge is -2.40. The lowest BCUT2D eigenvalue weighted by molar-refractivity contribution is -0.143. The lowest BCUT2D eigenvalue weighted by Crippen LogP contribution is -2.47. The van der Waals surface area contributed by atoms with E-state index in [-0.39, 0.29) is 5.92 Å². The molecule has 0 amide bonds. The van der Waals surface area contributed by atoms with Crippen LogP contribution in [0.1, 0.15) is 20.3 Å². The van der Waals surface area contributed by atoms with Gasteiger partial charge in [-0.1, -0.05) is 56.3 Å². The summed E-state index contributed by atoms with van der Waals surface area (Å²) in [7, 11) is -3.40. The molecular formula is C20H24NO4P. The molecule has 0 aromatic heterocycles. The van der Waals surface area contributed by atoms with Crippen molar-refractivity contribution in [1.29, 1.82) is 0 Å². The Balaban J connectivity index is 1.96. The second-order valence-electron chi connectivity index (χ2n) is 6.81. The first-order chi connectivity index (χ1) is 12.4. The number of hydrogen-bond donors (Lipinski definition) is 1. The topological polar surface area (TPSA) is 66.8 Å². The molecule has 0 saturated carbocycles. The predicted molar refractivity (Wildman–Crippen MR) is 103 cm³/mol. The van der Waals surface area contributed by atoms with Crippen LogP contribution < -0.4 is 5.30 Å². The van der Waals surface area contributed by atoms with Gasteiger partial charge in [0, 0.05) is 6.54 Å². The third kappa shape index (κ3) is 3.61. The number of carboxylic acids is 1. The highest BCUT2D eigenvalue weighted by molar-refractivity contribution is 7.64. The Morgan fingerprint density at radius 1 is 1.08 bits per heavy atom. The van der Waals surface area contributed by atoms with E-state index in [1.54, 1.807) is 16.8 Å². The van der Waals surface area contributed by atoms with Gasteiger partial charge in [0.15, 0.2) is 0 Å². The second kappa shape index (κ2) is 7.75. The van der Waals surface area contributed by atoms with Crippen LogP contribution in [0.15, 0.2) is 54.6 Å². The minimum Gasteiger partial charge on any atom is -0.480 e. The Bertz CT molecular complexity index is 804. The molecule has 0 bridgehead atoms. The van der Waals surface area contributed by atoms with Crippen molar-refractivity contribution in [1.82, 2.24) is 4.67 Å². The molecule has 0 spiro atoms. The van der Waals surface area contributed by atoms with Crippen molar-refractivity contribution in [3.63, 3.8) is 0 Å². The highest BCUT2D eigenvalue weighted by atomic mass is 31.2. The van der Waals surface area contributed by atoms with Gasteiger partial charge in [0.25, 0.3) is 0 Å². The van der Waals surface area contributed by atoms with Crippen LogP contribution in [-0.4, -0.2) is 34.9 Å². The first-order valence-electron chi connectivity index (χ1n) is 8.84. The second-order valence-corrected chi connectivity index (χ2v) is 9.14. The van der Waals surface area contributed by atoms with Gasteiger partial charge in [-0.25, -0.2) is 4.67 Å². The van der Waals surface area contributed by atoms with Gasteiger partial charge in [0.2, 0.25) is 0 Å². The van der Waals surface area contributed by atoms with E-state index in [0.717, 1.165) is 11.1 Å². The minimum absolute atomic E-state index is 0.175. The van der Waals surface area contributed by atoms with Gasteiger partial charge in [0.1, 0.15) is 6.04 Å². The molecule has 3 rings (SSSR count). The number of rotatable bonds is 5. The van der Waals surface area contributed by atoms with Gasteiger partial charge in [-0.2, -0.15) is 0 Å². The molecule has 1 fully saturated rings. The van der Waals surface area contributed by atoms with Gasteiger partial charge < -0.3 is 9.63 Å². The molecule has 2 aromatic rings. The van der Waals surface area contributed by atoms with Crippen molar-refractivity contribution in [2.24, 2.45) is 5.92 Å². The van der Waals surface area contributed by atoms with Gasteiger partial charge in [-0.05, 0) is 35.6 Å². The van der Waals surface area contributed by atoms with Crippen LogP contribution in [0.4, 0.5) is 0 Å². The number of benzene rings is 2. The molecule has 1 N–H and O–H groups in total. The normalized spacial score (nSPS) is 22.3. The third-order valence-corrected chi connectivity index (χ3v) is 7.25. The van der Waals surface area contributed by atoms with Crippen molar-refractivity contribution in [2.75, 3.05) is 13.2 Å². The van der Waals surface area contributed by atoms with Crippen LogP contribution >= 0.6 is 7.52 Å². The highest BCUT2D eigenvalue weighted by Gasteiger charge is 2.44. The van der Waals surface area contributed by atoms with Crippen LogP contribution in [0.5, 0.6) is 0 Å². The number of nitrogens with zero attached hydrogens (tertiary/aromatic N) is 1. The van der Waals surface area contributed by atoms with Crippen molar-refractivity contribution < 1.29 is 19.0 Å². The van der Waals surface area contributed by atoms with Gasteiger partial charge in [-0.3, -0.25) is 9.36 Å². The molecule has 2 unspecified atom stereocenters. The number of carbonyl (C=O) groups is 1. The summed E-state index contributed by atoms with van der Waals surface area (Å²) in [5.41, 5.74) is 2.09. The molecule has 5 nitrogen and oxygen atoms in total. The average molecular weight is 373 g/mol. The molecule has 2 aromatic carbocycles. The molecule has 138 valence electrons. The molecular weight excluding hydrogens is 349 g/mol.